The minimum absolute atomic E-state index is 0.280. The van der Waals surface area contributed by atoms with Crippen LogP contribution in [-0.4, -0.2) is 9.78 Å². The van der Waals surface area contributed by atoms with Crippen LogP contribution in [0.1, 0.15) is 48.3 Å². The van der Waals surface area contributed by atoms with Gasteiger partial charge in [-0.15, -0.1) is 0 Å². The molecule has 1 aromatic carbocycles. The third-order valence-corrected chi connectivity index (χ3v) is 3.70. The molecule has 3 nitrogen and oxygen atoms in total. The molecule has 0 bridgehead atoms. The average Bonchev–Trinajstić information content (AvgIpc) is 2.78. The Labute approximate surface area is 115 Å². The topological polar surface area (TPSA) is 29.9 Å². The van der Waals surface area contributed by atoms with Crippen LogP contribution in [-0.2, 0) is 7.05 Å². The second kappa shape index (κ2) is 5.57. The van der Waals surface area contributed by atoms with Crippen LogP contribution in [0.15, 0.2) is 30.5 Å². The van der Waals surface area contributed by atoms with Gasteiger partial charge in [0.05, 0.1) is 5.69 Å². The lowest BCUT2D eigenvalue weighted by Gasteiger charge is -2.22. The van der Waals surface area contributed by atoms with Crippen LogP contribution in [0.4, 0.5) is 0 Å². The first-order valence-electron chi connectivity index (χ1n) is 6.80. The lowest BCUT2D eigenvalue weighted by atomic mass is 9.99. The van der Waals surface area contributed by atoms with E-state index in [1.807, 2.05) is 17.9 Å². The third kappa shape index (κ3) is 3.04. The molecular formula is C16H23N3. The summed E-state index contributed by atoms with van der Waals surface area (Å²) >= 11 is 0. The number of rotatable bonds is 4. The highest BCUT2D eigenvalue weighted by Gasteiger charge is 2.15. The molecule has 1 heterocycles. The summed E-state index contributed by atoms with van der Waals surface area (Å²) in [6, 6.07) is 9.29. The molecule has 0 aliphatic carbocycles. The Morgan fingerprint density at radius 1 is 1.11 bits per heavy atom. The van der Waals surface area contributed by atoms with Crippen molar-refractivity contribution in [2.45, 2.75) is 39.8 Å². The van der Waals surface area contributed by atoms with E-state index in [4.69, 9.17) is 0 Å². The van der Waals surface area contributed by atoms with Crippen molar-refractivity contribution in [3.8, 4) is 0 Å². The minimum Gasteiger partial charge on any atom is -0.302 e. The van der Waals surface area contributed by atoms with Gasteiger partial charge in [0.15, 0.2) is 0 Å². The van der Waals surface area contributed by atoms with E-state index in [0.29, 0.717) is 6.04 Å². The Balaban J connectivity index is 2.15. The van der Waals surface area contributed by atoms with Gasteiger partial charge >= 0.3 is 0 Å². The van der Waals surface area contributed by atoms with Crippen molar-refractivity contribution in [2.75, 3.05) is 0 Å². The molecule has 2 unspecified atom stereocenters. The largest absolute Gasteiger partial charge is 0.302 e. The standard InChI is InChI=1S/C16H23N3/c1-11-6-7-12(2)15(10-11)13(3)18-14(4)16-8-9-17-19(16)5/h6-10,13-14,18H,1-5H3. The van der Waals surface area contributed by atoms with E-state index in [9.17, 15) is 0 Å². The van der Waals surface area contributed by atoms with Gasteiger partial charge in [0.25, 0.3) is 0 Å². The van der Waals surface area contributed by atoms with Gasteiger partial charge in [0.2, 0.25) is 0 Å². The molecule has 0 amide bonds. The second-order valence-corrected chi connectivity index (χ2v) is 5.35. The van der Waals surface area contributed by atoms with Crippen LogP contribution in [0.3, 0.4) is 0 Å². The predicted octanol–water partition coefficient (Wildman–Crippen LogP) is 3.45. The number of hydrogen-bond donors (Lipinski definition) is 1. The Hall–Kier alpha value is -1.61. The number of hydrogen-bond acceptors (Lipinski definition) is 2. The summed E-state index contributed by atoms with van der Waals surface area (Å²) in [5, 5.41) is 7.87. The fourth-order valence-electron chi connectivity index (χ4n) is 2.59. The Morgan fingerprint density at radius 2 is 1.84 bits per heavy atom. The Kier molecular flexibility index (Phi) is 4.05. The summed E-state index contributed by atoms with van der Waals surface area (Å²) in [6.07, 6.45) is 1.84. The maximum Gasteiger partial charge on any atom is 0.0547 e. The zero-order chi connectivity index (χ0) is 14.0. The van der Waals surface area contributed by atoms with Crippen molar-refractivity contribution in [2.24, 2.45) is 7.05 Å². The van der Waals surface area contributed by atoms with Crippen LogP contribution >= 0.6 is 0 Å². The zero-order valence-corrected chi connectivity index (χ0v) is 12.4. The van der Waals surface area contributed by atoms with E-state index in [1.165, 1.54) is 22.4 Å². The quantitative estimate of drug-likeness (QED) is 0.909. The van der Waals surface area contributed by atoms with E-state index in [1.54, 1.807) is 0 Å². The molecule has 0 aliphatic heterocycles. The average molecular weight is 257 g/mol. The fourth-order valence-corrected chi connectivity index (χ4v) is 2.59. The molecule has 0 saturated carbocycles. The van der Waals surface area contributed by atoms with Gasteiger partial charge in [0.1, 0.15) is 0 Å². The second-order valence-electron chi connectivity index (χ2n) is 5.35. The molecule has 1 aromatic heterocycles. The molecule has 0 radical (unpaired) electrons. The summed E-state index contributed by atoms with van der Waals surface area (Å²) < 4.78 is 1.92. The van der Waals surface area contributed by atoms with Gasteiger partial charge in [0, 0.05) is 25.3 Å². The molecule has 0 saturated heterocycles. The van der Waals surface area contributed by atoms with E-state index in [0.717, 1.165) is 0 Å². The summed E-state index contributed by atoms with van der Waals surface area (Å²) in [6.45, 7) is 8.70. The summed E-state index contributed by atoms with van der Waals surface area (Å²) in [7, 11) is 1.98. The first-order chi connectivity index (χ1) is 8.99. The van der Waals surface area contributed by atoms with E-state index in [2.05, 4.69) is 62.4 Å². The smallest absolute Gasteiger partial charge is 0.0547 e. The third-order valence-electron chi connectivity index (χ3n) is 3.70. The first kappa shape index (κ1) is 13.8. The molecular weight excluding hydrogens is 234 g/mol. The van der Waals surface area contributed by atoms with Crippen LogP contribution < -0.4 is 5.32 Å². The van der Waals surface area contributed by atoms with Crippen molar-refractivity contribution in [1.29, 1.82) is 0 Å². The number of nitrogens with zero attached hydrogens (tertiary/aromatic N) is 2. The normalized spacial score (nSPS) is 14.4. The number of benzene rings is 1. The zero-order valence-electron chi connectivity index (χ0n) is 12.4. The van der Waals surface area contributed by atoms with Gasteiger partial charge in [-0.05, 0) is 44.9 Å². The molecule has 2 rings (SSSR count). The monoisotopic (exact) mass is 257 g/mol. The van der Waals surface area contributed by atoms with Crippen LogP contribution in [0.25, 0.3) is 0 Å². The van der Waals surface area contributed by atoms with Gasteiger partial charge in [-0.2, -0.15) is 5.10 Å². The maximum absolute atomic E-state index is 4.23. The Morgan fingerprint density at radius 3 is 2.47 bits per heavy atom. The van der Waals surface area contributed by atoms with Gasteiger partial charge in [-0.1, -0.05) is 23.8 Å². The van der Waals surface area contributed by atoms with E-state index < -0.39 is 0 Å². The first-order valence-corrected chi connectivity index (χ1v) is 6.80. The van der Waals surface area contributed by atoms with E-state index >= 15 is 0 Å². The molecule has 2 atom stereocenters. The van der Waals surface area contributed by atoms with Gasteiger partial charge < -0.3 is 5.32 Å². The molecule has 102 valence electrons. The minimum atomic E-state index is 0.280. The highest BCUT2D eigenvalue weighted by atomic mass is 15.3. The number of nitrogens with one attached hydrogen (secondary N) is 1. The summed E-state index contributed by atoms with van der Waals surface area (Å²) in [5.74, 6) is 0. The Bertz CT molecular complexity index is 557. The van der Waals surface area contributed by atoms with E-state index in [-0.39, 0.29) is 6.04 Å². The van der Waals surface area contributed by atoms with Crippen molar-refractivity contribution in [3.63, 3.8) is 0 Å². The lowest BCUT2D eigenvalue weighted by Crippen LogP contribution is -2.24. The number of aromatic nitrogens is 2. The molecule has 2 aromatic rings. The van der Waals surface area contributed by atoms with Gasteiger partial charge in [-0.3, -0.25) is 4.68 Å². The molecule has 0 spiro atoms. The maximum atomic E-state index is 4.23. The molecule has 0 fully saturated rings. The van der Waals surface area contributed by atoms with Crippen molar-refractivity contribution in [1.82, 2.24) is 15.1 Å². The SMILES string of the molecule is Cc1ccc(C)c(C(C)NC(C)c2ccnn2C)c1. The predicted molar refractivity (Wildman–Crippen MR) is 79.1 cm³/mol. The van der Waals surface area contributed by atoms with Crippen LogP contribution in [0.5, 0.6) is 0 Å². The fraction of sp³-hybridized carbons (Fsp3) is 0.438. The van der Waals surface area contributed by atoms with Crippen molar-refractivity contribution >= 4 is 0 Å². The van der Waals surface area contributed by atoms with Crippen LogP contribution in [0, 0.1) is 13.8 Å². The lowest BCUT2D eigenvalue weighted by molar-refractivity contribution is 0.468. The highest BCUT2D eigenvalue weighted by molar-refractivity contribution is 5.32. The molecule has 3 heteroatoms. The molecule has 1 N–H and O–H groups in total. The van der Waals surface area contributed by atoms with Gasteiger partial charge in [-0.25, -0.2) is 0 Å². The number of aryl methyl sites for hydroxylation is 3. The van der Waals surface area contributed by atoms with Crippen molar-refractivity contribution < 1.29 is 0 Å². The summed E-state index contributed by atoms with van der Waals surface area (Å²) in [5.41, 5.74) is 5.22. The summed E-state index contributed by atoms with van der Waals surface area (Å²) in [4.78, 5) is 0. The molecule has 19 heavy (non-hydrogen) atoms. The van der Waals surface area contributed by atoms with Crippen LogP contribution in [0.2, 0.25) is 0 Å². The van der Waals surface area contributed by atoms with Crippen molar-refractivity contribution in [3.05, 3.63) is 52.8 Å². The highest BCUT2D eigenvalue weighted by Crippen LogP contribution is 2.22. The molecule has 0 aliphatic rings.